The number of aromatic nitrogens is 4. The van der Waals surface area contributed by atoms with E-state index in [1.807, 2.05) is 60.9 Å². The number of nitrogens with zero attached hydrogens (tertiary/aromatic N) is 4. The standard InChI is InChI=1S/C25H26N4O3/c1-17-7-5-9-19(13-17)14-27-16-26-23-22(27)24(30)28(15-20-10-6-12-32-20)25(31)29(23)21-11-4-3-8-18(21)2/h3-5,7-9,11,13,16,20H,6,10,12,14-15H2,1-2H3/t20-/m1/s1. The van der Waals surface area contributed by atoms with Crippen molar-refractivity contribution in [2.45, 2.75) is 45.9 Å². The van der Waals surface area contributed by atoms with Crippen LogP contribution < -0.4 is 11.2 Å². The summed E-state index contributed by atoms with van der Waals surface area (Å²) in [6.45, 7) is 5.40. The van der Waals surface area contributed by atoms with Crippen molar-refractivity contribution in [3.05, 3.63) is 92.4 Å². The minimum absolute atomic E-state index is 0.128. The molecule has 2 aromatic carbocycles. The van der Waals surface area contributed by atoms with Crippen LogP contribution in [-0.2, 0) is 17.8 Å². The van der Waals surface area contributed by atoms with Gasteiger partial charge in [0.1, 0.15) is 0 Å². The van der Waals surface area contributed by atoms with E-state index in [2.05, 4.69) is 11.1 Å². The number of hydrogen-bond donors (Lipinski definition) is 0. The van der Waals surface area contributed by atoms with E-state index in [4.69, 9.17) is 4.74 Å². The van der Waals surface area contributed by atoms with Gasteiger partial charge in [-0.2, -0.15) is 0 Å². The lowest BCUT2D eigenvalue weighted by Crippen LogP contribution is -2.42. The first-order valence-corrected chi connectivity index (χ1v) is 11.0. The summed E-state index contributed by atoms with van der Waals surface area (Å²) in [5, 5.41) is 0. The molecule has 0 spiro atoms. The summed E-state index contributed by atoms with van der Waals surface area (Å²) in [5.74, 6) is 0. The van der Waals surface area contributed by atoms with E-state index >= 15 is 0 Å². The van der Waals surface area contributed by atoms with Crippen LogP contribution in [0.15, 0.2) is 64.4 Å². The molecule has 164 valence electrons. The zero-order valence-corrected chi connectivity index (χ0v) is 18.3. The minimum atomic E-state index is -0.381. The number of benzene rings is 2. The molecule has 32 heavy (non-hydrogen) atoms. The fourth-order valence-corrected chi connectivity index (χ4v) is 4.49. The Kier molecular flexibility index (Phi) is 5.27. The molecule has 1 atom stereocenters. The molecule has 0 saturated carbocycles. The van der Waals surface area contributed by atoms with Crippen LogP contribution >= 0.6 is 0 Å². The first-order chi connectivity index (χ1) is 15.5. The average molecular weight is 431 g/mol. The predicted octanol–water partition coefficient (Wildman–Crippen LogP) is 3.19. The molecule has 5 rings (SSSR count). The maximum atomic E-state index is 13.6. The lowest BCUT2D eigenvalue weighted by Gasteiger charge is -2.16. The summed E-state index contributed by atoms with van der Waals surface area (Å²) >= 11 is 0. The van der Waals surface area contributed by atoms with Crippen molar-refractivity contribution in [3.8, 4) is 5.69 Å². The van der Waals surface area contributed by atoms with Gasteiger partial charge in [0.25, 0.3) is 5.56 Å². The van der Waals surface area contributed by atoms with Gasteiger partial charge in [-0.15, -0.1) is 0 Å². The van der Waals surface area contributed by atoms with Crippen molar-refractivity contribution < 1.29 is 4.74 Å². The van der Waals surface area contributed by atoms with Gasteiger partial charge < -0.3 is 9.30 Å². The molecule has 1 aliphatic rings. The third kappa shape index (κ3) is 3.58. The van der Waals surface area contributed by atoms with Crippen LogP contribution in [-0.4, -0.2) is 31.4 Å². The van der Waals surface area contributed by atoms with Crippen LogP contribution in [0.2, 0.25) is 0 Å². The molecule has 1 fully saturated rings. The highest BCUT2D eigenvalue weighted by Gasteiger charge is 2.24. The minimum Gasteiger partial charge on any atom is -0.376 e. The monoisotopic (exact) mass is 430 g/mol. The molecule has 0 unspecified atom stereocenters. The van der Waals surface area contributed by atoms with Gasteiger partial charge in [0.05, 0.1) is 24.7 Å². The number of hydrogen-bond acceptors (Lipinski definition) is 4. The fraction of sp³-hybridized carbons (Fsp3) is 0.320. The largest absolute Gasteiger partial charge is 0.376 e. The number of ether oxygens (including phenoxy) is 1. The molecule has 0 aliphatic carbocycles. The van der Waals surface area contributed by atoms with Gasteiger partial charge in [-0.3, -0.25) is 9.36 Å². The number of fused-ring (bicyclic) bond motifs is 1. The summed E-state index contributed by atoms with van der Waals surface area (Å²) in [6.07, 6.45) is 3.31. The van der Waals surface area contributed by atoms with E-state index in [1.165, 1.54) is 4.57 Å². The summed E-state index contributed by atoms with van der Waals surface area (Å²) < 4.78 is 10.5. The van der Waals surface area contributed by atoms with E-state index < -0.39 is 0 Å². The van der Waals surface area contributed by atoms with E-state index in [0.29, 0.717) is 24.3 Å². The Labute approximate surface area is 185 Å². The highest BCUT2D eigenvalue weighted by Crippen LogP contribution is 2.19. The van der Waals surface area contributed by atoms with Crippen LogP contribution in [0.1, 0.15) is 29.5 Å². The zero-order chi connectivity index (χ0) is 22.2. The Morgan fingerprint density at radius 2 is 1.94 bits per heavy atom. The molecule has 1 saturated heterocycles. The Morgan fingerprint density at radius 1 is 1.09 bits per heavy atom. The van der Waals surface area contributed by atoms with E-state index in [1.54, 1.807) is 10.9 Å². The molecule has 0 N–H and O–H groups in total. The van der Waals surface area contributed by atoms with Crippen LogP contribution in [0.3, 0.4) is 0 Å². The van der Waals surface area contributed by atoms with Crippen LogP contribution in [0, 0.1) is 13.8 Å². The topological polar surface area (TPSA) is 71.1 Å². The second-order valence-corrected chi connectivity index (χ2v) is 8.49. The van der Waals surface area contributed by atoms with Gasteiger partial charge in [-0.25, -0.2) is 14.3 Å². The normalized spacial score (nSPS) is 16.1. The molecular weight excluding hydrogens is 404 g/mol. The Bertz CT molecular complexity index is 1410. The number of aryl methyl sites for hydroxylation is 2. The predicted molar refractivity (Wildman–Crippen MR) is 124 cm³/mol. The Hall–Kier alpha value is -3.45. The van der Waals surface area contributed by atoms with E-state index in [0.717, 1.165) is 35.2 Å². The second-order valence-electron chi connectivity index (χ2n) is 8.49. The molecule has 0 radical (unpaired) electrons. The third-order valence-electron chi connectivity index (χ3n) is 6.10. The van der Waals surface area contributed by atoms with Gasteiger partial charge in [0.2, 0.25) is 0 Å². The second kappa shape index (κ2) is 8.24. The maximum Gasteiger partial charge on any atom is 0.337 e. The molecule has 2 aromatic heterocycles. The van der Waals surface area contributed by atoms with Crippen LogP contribution in [0.5, 0.6) is 0 Å². The molecule has 4 aromatic rings. The van der Waals surface area contributed by atoms with Crippen molar-refractivity contribution >= 4 is 11.2 Å². The third-order valence-corrected chi connectivity index (χ3v) is 6.10. The van der Waals surface area contributed by atoms with Crippen LogP contribution in [0.25, 0.3) is 16.9 Å². The Morgan fingerprint density at radius 3 is 2.69 bits per heavy atom. The molecule has 3 heterocycles. The molecule has 1 aliphatic heterocycles. The smallest absolute Gasteiger partial charge is 0.337 e. The lowest BCUT2D eigenvalue weighted by molar-refractivity contribution is 0.0950. The van der Waals surface area contributed by atoms with Crippen LogP contribution in [0.4, 0.5) is 0 Å². The zero-order valence-electron chi connectivity index (χ0n) is 18.3. The van der Waals surface area contributed by atoms with E-state index in [-0.39, 0.29) is 23.9 Å². The van der Waals surface area contributed by atoms with Gasteiger partial charge in [-0.05, 0) is 43.9 Å². The fourth-order valence-electron chi connectivity index (χ4n) is 4.49. The quantitative estimate of drug-likeness (QED) is 0.488. The number of imidazole rings is 1. The molecule has 0 amide bonds. The molecule has 7 heteroatoms. The number of para-hydroxylation sites is 1. The maximum absolute atomic E-state index is 13.6. The summed E-state index contributed by atoms with van der Waals surface area (Å²) in [7, 11) is 0. The highest BCUT2D eigenvalue weighted by molar-refractivity contribution is 5.73. The molecule has 0 bridgehead atoms. The average Bonchev–Trinajstić information content (AvgIpc) is 3.43. The summed E-state index contributed by atoms with van der Waals surface area (Å²) in [4.78, 5) is 31.7. The lowest BCUT2D eigenvalue weighted by atomic mass is 10.1. The highest BCUT2D eigenvalue weighted by atomic mass is 16.5. The summed E-state index contributed by atoms with van der Waals surface area (Å²) in [6, 6.07) is 15.8. The van der Waals surface area contributed by atoms with E-state index in [9.17, 15) is 9.59 Å². The van der Waals surface area contributed by atoms with Crippen molar-refractivity contribution in [3.63, 3.8) is 0 Å². The number of rotatable bonds is 5. The Balaban J connectivity index is 1.75. The van der Waals surface area contributed by atoms with Crippen molar-refractivity contribution in [2.24, 2.45) is 0 Å². The van der Waals surface area contributed by atoms with Crippen molar-refractivity contribution in [1.29, 1.82) is 0 Å². The SMILES string of the molecule is Cc1cccc(Cn2cnc3c2c(=O)n(C[C@H]2CCCO2)c(=O)n3-c2ccccc2C)c1. The van der Waals surface area contributed by atoms with Crippen molar-refractivity contribution in [1.82, 2.24) is 18.7 Å². The van der Waals surface area contributed by atoms with Gasteiger partial charge in [0, 0.05) is 13.2 Å². The van der Waals surface area contributed by atoms with Gasteiger partial charge in [0.15, 0.2) is 11.2 Å². The summed E-state index contributed by atoms with van der Waals surface area (Å²) in [5.41, 5.74) is 3.99. The molecular formula is C25H26N4O3. The first-order valence-electron chi connectivity index (χ1n) is 11.0. The van der Waals surface area contributed by atoms with Gasteiger partial charge >= 0.3 is 5.69 Å². The van der Waals surface area contributed by atoms with Gasteiger partial charge in [-0.1, -0.05) is 48.0 Å². The first kappa shape index (κ1) is 20.5. The molecule has 7 nitrogen and oxygen atoms in total. The van der Waals surface area contributed by atoms with Crippen molar-refractivity contribution in [2.75, 3.05) is 6.61 Å².